The van der Waals surface area contributed by atoms with Crippen LogP contribution in [0.5, 0.6) is 0 Å². The van der Waals surface area contributed by atoms with Crippen LogP contribution in [0, 0.1) is 0 Å². The predicted molar refractivity (Wildman–Crippen MR) is 67.1 cm³/mol. The van der Waals surface area contributed by atoms with Gasteiger partial charge in [-0.1, -0.05) is 18.2 Å². The number of nitrogens with one attached hydrogen (secondary N) is 2. The largest absolute Gasteiger partial charge is 0.361 e. The highest BCUT2D eigenvalue weighted by Gasteiger charge is 2.10. The summed E-state index contributed by atoms with van der Waals surface area (Å²) in [5, 5.41) is 1.12. The van der Waals surface area contributed by atoms with Gasteiger partial charge in [0.25, 0.3) is 0 Å². The van der Waals surface area contributed by atoms with Gasteiger partial charge in [-0.05, 0) is 23.8 Å². The minimum atomic E-state index is 0.111. The van der Waals surface area contributed by atoms with Gasteiger partial charge in [-0.25, -0.2) is 0 Å². The fraction of sp³-hybridized carbons (Fsp3) is 0.0714. The normalized spacial score (nSPS) is 10.8. The van der Waals surface area contributed by atoms with E-state index in [1.54, 1.807) is 12.3 Å². The maximum absolute atomic E-state index is 12.0. The Kier molecular flexibility index (Phi) is 2.29. The molecule has 3 heteroatoms. The molecule has 0 aliphatic heterocycles. The van der Waals surface area contributed by atoms with Crippen LogP contribution in [0.1, 0.15) is 16.1 Å². The molecule has 0 amide bonds. The highest BCUT2D eigenvalue weighted by molar-refractivity contribution is 5.98. The van der Waals surface area contributed by atoms with Crippen molar-refractivity contribution in [2.24, 2.45) is 0 Å². The van der Waals surface area contributed by atoms with Gasteiger partial charge in [0.15, 0.2) is 5.78 Å². The number of fused-ring (bicyclic) bond motifs is 1. The van der Waals surface area contributed by atoms with Crippen molar-refractivity contribution < 1.29 is 4.79 Å². The van der Waals surface area contributed by atoms with Crippen molar-refractivity contribution in [3.63, 3.8) is 0 Å². The van der Waals surface area contributed by atoms with Gasteiger partial charge in [-0.3, -0.25) is 4.79 Å². The lowest BCUT2D eigenvalue weighted by atomic mass is 10.1. The van der Waals surface area contributed by atoms with E-state index < -0.39 is 0 Å². The molecule has 1 aromatic carbocycles. The Morgan fingerprint density at radius 3 is 2.76 bits per heavy atom. The van der Waals surface area contributed by atoms with Crippen molar-refractivity contribution in [2.45, 2.75) is 6.42 Å². The third kappa shape index (κ3) is 1.76. The SMILES string of the molecule is O=C(Cc1c[nH]c2ccccc12)c1ccc[nH]1. The number of carbonyl (C=O) groups is 1. The number of benzene rings is 1. The van der Waals surface area contributed by atoms with Crippen molar-refractivity contribution in [3.8, 4) is 0 Å². The predicted octanol–water partition coefficient (Wildman–Crippen LogP) is 2.92. The van der Waals surface area contributed by atoms with Crippen LogP contribution in [0.4, 0.5) is 0 Å². The number of para-hydroxylation sites is 1. The molecule has 0 radical (unpaired) electrons. The molecule has 84 valence electrons. The molecule has 2 heterocycles. The Bertz CT molecular complexity index is 650. The number of aromatic nitrogens is 2. The first-order valence-electron chi connectivity index (χ1n) is 5.56. The summed E-state index contributed by atoms with van der Waals surface area (Å²) in [6, 6.07) is 11.6. The molecule has 0 saturated heterocycles. The van der Waals surface area contributed by atoms with Gasteiger partial charge in [0.2, 0.25) is 0 Å². The fourth-order valence-electron chi connectivity index (χ4n) is 2.05. The molecule has 0 unspecified atom stereocenters. The number of carbonyl (C=O) groups excluding carboxylic acids is 1. The first-order valence-corrected chi connectivity index (χ1v) is 5.56. The van der Waals surface area contributed by atoms with Gasteiger partial charge in [0, 0.05) is 29.7 Å². The molecule has 3 rings (SSSR count). The summed E-state index contributed by atoms with van der Waals surface area (Å²) in [5.74, 6) is 0.111. The van der Waals surface area contributed by atoms with Gasteiger partial charge < -0.3 is 9.97 Å². The maximum Gasteiger partial charge on any atom is 0.183 e. The summed E-state index contributed by atoms with van der Waals surface area (Å²) in [4.78, 5) is 18.1. The second kappa shape index (κ2) is 3.94. The van der Waals surface area contributed by atoms with Crippen LogP contribution in [0.25, 0.3) is 10.9 Å². The quantitative estimate of drug-likeness (QED) is 0.660. The van der Waals surface area contributed by atoms with Crippen LogP contribution in [-0.4, -0.2) is 15.8 Å². The van der Waals surface area contributed by atoms with E-state index in [-0.39, 0.29) is 5.78 Å². The lowest BCUT2D eigenvalue weighted by molar-refractivity contribution is 0.0989. The number of H-pyrrole nitrogens is 2. The van der Waals surface area contributed by atoms with E-state index in [2.05, 4.69) is 9.97 Å². The topological polar surface area (TPSA) is 48.6 Å². The average molecular weight is 224 g/mol. The summed E-state index contributed by atoms with van der Waals surface area (Å²) < 4.78 is 0. The molecule has 0 bridgehead atoms. The van der Waals surface area contributed by atoms with Crippen molar-refractivity contribution in [1.82, 2.24) is 9.97 Å². The molecule has 0 aliphatic rings. The lowest BCUT2D eigenvalue weighted by Gasteiger charge is -1.97. The Labute approximate surface area is 98.5 Å². The van der Waals surface area contributed by atoms with E-state index >= 15 is 0 Å². The van der Waals surface area contributed by atoms with E-state index in [9.17, 15) is 4.79 Å². The first kappa shape index (κ1) is 9.90. The number of aromatic amines is 2. The van der Waals surface area contributed by atoms with Crippen LogP contribution in [0.2, 0.25) is 0 Å². The van der Waals surface area contributed by atoms with Crippen molar-refractivity contribution in [2.75, 3.05) is 0 Å². The maximum atomic E-state index is 12.0. The first-order chi connectivity index (χ1) is 8.34. The Hall–Kier alpha value is -2.29. The molecule has 0 fully saturated rings. The van der Waals surface area contributed by atoms with Gasteiger partial charge in [-0.15, -0.1) is 0 Å². The van der Waals surface area contributed by atoms with E-state index in [1.807, 2.05) is 36.5 Å². The van der Waals surface area contributed by atoms with Crippen LogP contribution < -0.4 is 0 Å². The zero-order valence-electron chi connectivity index (χ0n) is 9.23. The summed E-state index contributed by atoms with van der Waals surface area (Å²) in [7, 11) is 0. The molecule has 3 aromatic rings. The molecule has 0 atom stereocenters. The molecule has 0 aliphatic carbocycles. The third-order valence-corrected chi connectivity index (χ3v) is 2.92. The number of ketones is 1. The van der Waals surface area contributed by atoms with E-state index in [0.29, 0.717) is 12.1 Å². The zero-order valence-corrected chi connectivity index (χ0v) is 9.23. The Morgan fingerprint density at radius 1 is 1.06 bits per heavy atom. The zero-order chi connectivity index (χ0) is 11.7. The molecular formula is C14H12N2O. The van der Waals surface area contributed by atoms with Gasteiger partial charge in [0.1, 0.15) is 0 Å². The number of Topliss-reactive ketones (excluding diaryl/α,β-unsaturated/α-hetero) is 1. The average Bonchev–Trinajstić information content (AvgIpc) is 2.98. The molecule has 0 spiro atoms. The van der Waals surface area contributed by atoms with Crippen molar-refractivity contribution in [3.05, 3.63) is 60.0 Å². The van der Waals surface area contributed by atoms with Crippen LogP contribution in [0.15, 0.2) is 48.8 Å². The molecule has 2 N–H and O–H groups in total. The summed E-state index contributed by atoms with van der Waals surface area (Å²) >= 11 is 0. The molecular weight excluding hydrogens is 212 g/mol. The lowest BCUT2D eigenvalue weighted by Crippen LogP contribution is -2.03. The van der Waals surface area contributed by atoms with Crippen molar-refractivity contribution in [1.29, 1.82) is 0 Å². The highest BCUT2D eigenvalue weighted by Crippen LogP contribution is 2.19. The smallest absolute Gasteiger partial charge is 0.183 e. The van der Waals surface area contributed by atoms with Crippen LogP contribution in [0.3, 0.4) is 0 Å². The molecule has 2 aromatic heterocycles. The summed E-state index contributed by atoms with van der Waals surface area (Å²) in [5.41, 5.74) is 2.78. The Morgan fingerprint density at radius 2 is 1.94 bits per heavy atom. The second-order valence-corrected chi connectivity index (χ2v) is 4.04. The van der Waals surface area contributed by atoms with E-state index in [0.717, 1.165) is 16.5 Å². The van der Waals surface area contributed by atoms with E-state index in [4.69, 9.17) is 0 Å². The summed E-state index contributed by atoms with van der Waals surface area (Å²) in [6.07, 6.45) is 4.10. The Balaban J connectivity index is 1.93. The minimum absolute atomic E-state index is 0.111. The van der Waals surface area contributed by atoms with Gasteiger partial charge >= 0.3 is 0 Å². The van der Waals surface area contributed by atoms with Gasteiger partial charge in [-0.2, -0.15) is 0 Å². The molecule has 0 saturated carbocycles. The summed E-state index contributed by atoms with van der Waals surface area (Å²) in [6.45, 7) is 0. The minimum Gasteiger partial charge on any atom is -0.361 e. The number of hydrogen-bond donors (Lipinski definition) is 2. The fourth-order valence-corrected chi connectivity index (χ4v) is 2.05. The highest BCUT2D eigenvalue weighted by atomic mass is 16.1. The number of hydrogen-bond acceptors (Lipinski definition) is 1. The number of rotatable bonds is 3. The molecule has 3 nitrogen and oxygen atoms in total. The van der Waals surface area contributed by atoms with Crippen molar-refractivity contribution >= 4 is 16.7 Å². The van der Waals surface area contributed by atoms with E-state index in [1.165, 1.54) is 0 Å². The van der Waals surface area contributed by atoms with Crippen LogP contribution in [-0.2, 0) is 6.42 Å². The monoisotopic (exact) mass is 224 g/mol. The van der Waals surface area contributed by atoms with Gasteiger partial charge in [0.05, 0.1) is 5.69 Å². The molecule has 17 heavy (non-hydrogen) atoms. The second-order valence-electron chi connectivity index (χ2n) is 4.04. The standard InChI is InChI=1S/C14H12N2O/c17-14(13-6-3-7-15-13)8-10-9-16-12-5-2-1-4-11(10)12/h1-7,9,15-16H,8H2. The van der Waals surface area contributed by atoms with Crippen LogP contribution >= 0.6 is 0 Å². The third-order valence-electron chi connectivity index (χ3n) is 2.92.